The van der Waals surface area contributed by atoms with E-state index < -0.39 is 0 Å². The van der Waals surface area contributed by atoms with Gasteiger partial charge in [0.25, 0.3) is 0 Å². The molecule has 4 aromatic rings. The van der Waals surface area contributed by atoms with E-state index in [9.17, 15) is 0 Å². The first-order valence-electron chi connectivity index (χ1n) is 9.24. The monoisotopic (exact) mass is 356 g/mol. The third-order valence-electron chi connectivity index (χ3n) is 5.09. The van der Waals surface area contributed by atoms with Gasteiger partial charge in [-0.1, -0.05) is 12.1 Å². The lowest BCUT2D eigenvalue weighted by molar-refractivity contribution is 0.321. The summed E-state index contributed by atoms with van der Waals surface area (Å²) < 4.78 is 1.89. The minimum Gasteiger partial charge on any atom is -0.297 e. The zero-order valence-electron chi connectivity index (χ0n) is 14.9. The Labute approximate surface area is 157 Å². The Morgan fingerprint density at radius 1 is 1.00 bits per heavy atom. The highest BCUT2D eigenvalue weighted by Gasteiger charge is 2.27. The minimum atomic E-state index is 0.371. The topological polar surface area (TPSA) is 59.2 Å². The van der Waals surface area contributed by atoms with Crippen molar-refractivity contribution in [3.05, 3.63) is 78.8 Å². The summed E-state index contributed by atoms with van der Waals surface area (Å²) in [4.78, 5) is 15.8. The molecule has 0 N–H and O–H groups in total. The van der Waals surface area contributed by atoms with Crippen molar-refractivity contribution in [1.29, 1.82) is 0 Å². The molecule has 1 fully saturated rings. The van der Waals surface area contributed by atoms with Crippen molar-refractivity contribution >= 4 is 5.65 Å². The highest BCUT2D eigenvalue weighted by Crippen LogP contribution is 2.27. The fourth-order valence-electron chi connectivity index (χ4n) is 3.69. The lowest BCUT2D eigenvalue weighted by atomic mass is 10.1. The van der Waals surface area contributed by atoms with Crippen molar-refractivity contribution in [2.24, 2.45) is 0 Å². The molecular weight excluding hydrogens is 336 g/mol. The van der Waals surface area contributed by atoms with Gasteiger partial charge >= 0.3 is 0 Å². The van der Waals surface area contributed by atoms with Gasteiger partial charge in [-0.25, -0.2) is 9.50 Å². The average molecular weight is 356 g/mol. The molecule has 0 radical (unpaired) electrons. The third kappa shape index (κ3) is 3.31. The predicted molar refractivity (Wildman–Crippen MR) is 103 cm³/mol. The summed E-state index contributed by atoms with van der Waals surface area (Å²) in [6.45, 7) is 2.91. The zero-order valence-corrected chi connectivity index (χ0v) is 14.9. The molecule has 27 heavy (non-hydrogen) atoms. The smallest absolute Gasteiger partial charge is 0.156 e. The fourth-order valence-corrected chi connectivity index (χ4v) is 3.69. The Bertz CT molecular complexity index is 1040. The summed E-state index contributed by atoms with van der Waals surface area (Å²) >= 11 is 0. The molecule has 1 aliphatic rings. The Morgan fingerprint density at radius 2 is 2.00 bits per heavy atom. The Kier molecular flexibility index (Phi) is 4.10. The highest BCUT2D eigenvalue weighted by atomic mass is 15.3. The summed E-state index contributed by atoms with van der Waals surface area (Å²) in [6, 6.07) is 14.2. The second kappa shape index (κ2) is 6.89. The van der Waals surface area contributed by atoms with Crippen LogP contribution < -0.4 is 0 Å². The quantitative estimate of drug-likeness (QED) is 0.562. The van der Waals surface area contributed by atoms with E-state index in [-0.39, 0.29) is 0 Å². The van der Waals surface area contributed by atoms with E-state index in [1.54, 1.807) is 6.20 Å². The normalized spacial score (nSPS) is 17.6. The second-order valence-corrected chi connectivity index (χ2v) is 6.97. The summed E-state index contributed by atoms with van der Waals surface area (Å²) in [6.07, 6.45) is 8.62. The van der Waals surface area contributed by atoms with Crippen molar-refractivity contribution in [3.8, 4) is 11.1 Å². The lowest BCUT2D eigenvalue weighted by Gasteiger charge is -2.14. The SMILES string of the molecule is c1ccc(CN2CC[C@@H](c3nc4ccc(-c5cccnc5)cn4n3)C2)nc1. The number of nitrogens with zero attached hydrogens (tertiary/aromatic N) is 6. The van der Waals surface area contributed by atoms with E-state index in [0.29, 0.717) is 5.92 Å². The van der Waals surface area contributed by atoms with Crippen molar-refractivity contribution in [3.63, 3.8) is 0 Å². The van der Waals surface area contributed by atoms with Crippen LogP contribution in [-0.2, 0) is 6.54 Å². The molecule has 6 heteroatoms. The molecule has 0 aromatic carbocycles. The molecule has 1 atom stereocenters. The standard InChI is InChI=1S/C21H20N6/c1-2-10-23-19(5-1)15-26-11-8-18(13-26)21-24-20-7-6-17(14-27(20)25-21)16-4-3-9-22-12-16/h1-7,9-10,12,14,18H,8,11,13,15H2/t18-/m1/s1. The van der Waals surface area contributed by atoms with Gasteiger partial charge in [0.1, 0.15) is 0 Å². The number of aromatic nitrogens is 5. The van der Waals surface area contributed by atoms with Crippen LogP contribution in [0, 0.1) is 0 Å². The number of hydrogen-bond donors (Lipinski definition) is 0. The molecule has 0 saturated carbocycles. The van der Waals surface area contributed by atoms with Gasteiger partial charge in [-0.05, 0) is 43.3 Å². The summed E-state index contributed by atoms with van der Waals surface area (Å²) in [5, 5.41) is 4.77. The van der Waals surface area contributed by atoms with Gasteiger partial charge in [-0.2, -0.15) is 5.10 Å². The van der Waals surface area contributed by atoms with Gasteiger partial charge in [-0.3, -0.25) is 14.9 Å². The lowest BCUT2D eigenvalue weighted by Crippen LogP contribution is -2.20. The first-order chi connectivity index (χ1) is 13.3. The van der Waals surface area contributed by atoms with Crippen LogP contribution in [0.25, 0.3) is 16.8 Å². The predicted octanol–water partition coefficient (Wildman–Crippen LogP) is 3.18. The van der Waals surface area contributed by atoms with E-state index in [0.717, 1.165) is 54.3 Å². The first-order valence-corrected chi connectivity index (χ1v) is 9.24. The second-order valence-electron chi connectivity index (χ2n) is 6.97. The zero-order chi connectivity index (χ0) is 18.1. The molecule has 6 nitrogen and oxygen atoms in total. The van der Waals surface area contributed by atoms with Gasteiger partial charge in [0.2, 0.25) is 0 Å². The van der Waals surface area contributed by atoms with E-state index >= 15 is 0 Å². The molecule has 0 aliphatic carbocycles. The maximum Gasteiger partial charge on any atom is 0.156 e. The molecule has 1 aliphatic heterocycles. The van der Waals surface area contributed by atoms with Crippen molar-refractivity contribution in [2.45, 2.75) is 18.9 Å². The molecule has 0 spiro atoms. The van der Waals surface area contributed by atoms with Crippen molar-refractivity contribution in [1.82, 2.24) is 29.5 Å². The van der Waals surface area contributed by atoms with Gasteiger partial charge < -0.3 is 0 Å². The largest absolute Gasteiger partial charge is 0.297 e. The van der Waals surface area contributed by atoms with Crippen LogP contribution in [0.5, 0.6) is 0 Å². The highest BCUT2D eigenvalue weighted by molar-refractivity contribution is 5.63. The molecule has 5 rings (SSSR count). The van der Waals surface area contributed by atoms with Crippen LogP contribution in [0.2, 0.25) is 0 Å². The molecule has 5 heterocycles. The van der Waals surface area contributed by atoms with Gasteiger partial charge in [-0.15, -0.1) is 0 Å². The molecular formula is C21H20N6. The Balaban J connectivity index is 1.35. The number of pyridine rings is 3. The fraction of sp³-hybridized carbons (Fsp3) is 0.238. The third-order valence-corrected chi connectivity index (χ3v) is 5.09. The average Bonchev–Trinajstić information content (AvgIpc) is 3.35. The molecule has 134 valence electrons. The molecule has 0 amide bonds. The Morgan fingerprint density at radius 3 is 2.85 bits per heavy atom. The van der Waals surface area contributed by atoms with E-state index in [1.807, 2.05) is 47.4 Å². The van der Waals surface area contributed by atoms with E-state index in [2.05, 4.69) is 33.1 Å². The van der Waals surface area contributed by atoms with Crippen molar-refractivity contribution < 1.29 is 0 Å². The molecule has 0 bridgehead atoms. The van der Waals surface area contributed by atoms with Crippen LogP contribution >= 0.6 is 0 Å². The number of fused-ring (bicyclic) bond motifs is 1. The maximum absolute atomic E-state index is 4.77. The van der Waals surface area contributed by atoms with Crippen LogP contribution in [0.4, 0.5) is 0 Å². The van der Waals surface area contributed by atoms with Gasteiger partial charge in [0, 0.05) is 54.9 Å². The minimum absolute atomic E-state index is 0.371. The number of rotatable bonds is 4. The summed E-state index contributed by atoms with van der Waals surface area (Å²) in [5.74, 6) is 1.30. The summed E-state index contributed by atoms with van der Waals surface area (Å²) in [5.41, 5.74) is 4.18. The number of likely N-dealkylation sites (tertiary alicyclic amines) is 1. The van der Waals surface area contributed by atoms with Gasteiger partial charge in [0.15, 0.2) is 11.5 Å². The van der Waals surface area contributed by atoms with Crippen molar-refractivity contribution in [2.75, 3.05) is 13.1 Å². The first kappa shape index (κ1) is 16.1. The molecule has 4 aromatic heterocycles. The van der Waals surface area contributed by atoms with Crippen LogP contribution in [0.15, 0.2) is 67.3 Å². The van der Waals surface area contributed by atoms with Gasteiger partial charge in [0.05, 0.1) is 5.69 Å². The number of hydrogen-bond acceptors (Lipinski definition) is 5. The van der Waals surface area contributed by atoms with Crippen LogP contribution in [0.3, 0.4) is 0 Å². The van der Waals surface area contributed by atoms with E-state index in [1.165, 1.54) is 0 Å². The van der Waals surface area contributed by atoms with Crippen LogP contribution in [-0.4, -0.2) is 42.6 Å². The molecule has 1 saturated heterocycles. The Hall–Kier alpha value is -3.12. The maximum atomic E-state index is 4.77. The molecule has 0 unspecified atom stereocenters. The van der Waals surface area contributed by atoms with Crippen LogP contribution in [0.1, 0.15) is 23.9 Å². The summed E-state index contributed by atoms with van der Waals surface area (Å²) in [7, 11) is 0. The van der Waals surface area contributed by atoms with E-state index in [4.69, 9.17) is 10.1 Å².